The van der Waals surface area contributed by atoms with E-state index in [2.05, 4.69) is 25.3 Å². The van der Waals surface area contributed by atoms with Crippen LogP contribution < -0.4 is 10.2 Å². The lowest BCUT2D eigenvalue weighted by atomic mass is 10.3. The quantitative estimate of drug-likeness (QED) is 0.745. The maximum atomic E-state index is 13.2. The summed E-state index contributed by atoms with van der Waals surface area (Å²) in [5.74, 6) is 0.0873. The minimum absolute atomic E-state index is 0.0191. The molecule has 0 aliphatic heterocycles. The van der Waals surface area contributed by atoms with Gasteiger partial charge in [0.1, 0.15) is 24.5 Å². The van der Waals surface area contributed by atoms with Crippen LogP contribution in [0.4, 0.5) is 15.9 Å². The van der Waals surface area contributed by atoms with Gasteiger partial charge in [0.05, 0.1) is 11.6 Å². The number of rotatable bonds is 6. The standard InChI is InChI=1S/C17H19FN6O/c1-3-23(4-2)16-14-9-21-24(17(14)20-11-19-16)10-15(25)22-13-7-5-6-12(18)8-13/h5-9,11H,3-4,10H2,1-2H3,(H,22,25). The van der Waals surface area contributed by atoms with Crippen LogP contribution >= 0.6 is 0 Å². The molecule has 2 aromatic heterocycles. The zero-order valence-electron chi connectivity index (χ0n) is 14.1. The number of hydrogen-bond acceptors (Lipinski definition) is 5. The Balaban J connectivity index is 1.82. The molecule has 130 valence electrons. The molecule has 1 aromatic carbocycles. The second-order valence-corrected chi connectivity index (χ2v) is 5.47. The van der Waals surface area contributed by atoms with E-state index in [1.807, 2.05) is 13.8 Å². The number of nitrogens with zero attached hydrogens (tertiary/aromatic N) is 5. The molecular formula is C17H19FN6O. The smallest absolute Gasteiger partial charge is 0.246 e. The van der Waals surface area contributed by atoms with E-state index in [4.69, 9.17) is 0 Å². The molecule has 2 heterocycles. The number of benzene rings is 1. The fourth-order valence-electron chi connectivity index (χ4n) is 2.67. The number of amides is 1. The Hall–Kier alpha value is -3.03. The number of aromatic nitrogens is 4. The zero-order chi connectivity index (χ0) is 17.8. The summed E-state index contributed by atoms with van der Waals surface area (Å²) in [4.78, 5) is 22.9. The SMILES string of the molecule is CCN(CC)c1ncnc2c1cnn2CC(=O)Nc1cccc(F)c1. The molecule has 0 aliphatic carbocycles. The largest absolute Gasteiger partial charge is 0.356 e. The van der Waals surface area contributed by atoms with Gasteiger partial charge in [-0.2, -0.15) is 5.10 Å². The summed E-state index contributed by atoms with van der Waals surface area (Å²) in [6.45, 7) is 5.71. The van der Waals surface area contributed by atoms with Crippen molar-refractivity contribution in [1.29, 1.82) is 0 Å². The Morgan fingerprint density at radius 2 is 2.08 bits per heavy atom. The van der Waals surface area contributed by atoms with Gasteiger partial charge in [-0.3, -0.25) is 4.79 Å². The van der Waals surface area contributed by atoms with Crippen molar-refractivity contribution in [3.05, 3.63) is 42.6 Å². The first-order chi connectivity index (χ1) is 12.1. The van der Waals surface area contributed by atoms with Gasteiger partial charge in [-0.15, -0.1) is 0 Å². The Kier molecular flexibility index (Phi) is 4.87. The molecule has 0 saturated carbocycles. The lowest BCUT2D eigenvalue weighted by molar-refractivity contribution is -0.116. The second kappa shape index (κ2) is 7.25. The van der Waals surface area contributed by atoms with Gasteiger partial charge in [-0.1, -0.05) is 6.07 Å². The molecule has 8 heteroatoms. The Morgan fingerprint density at radius 3 is 2.80 bits per heavy atom. The normalized spacial score (nSPS) is 10.8. The van der Waals surface area contributed by atoms with Gasteiger partial charge in [0.2, 0.25) is 5.91 Å². The van der Waals surface area contributed by atoms with Crippen molar-refractivity contribution in [3.63, 3.8) is 0 Å². The topological polar surface area (TPSA) is 75.9 Å². The molecule has 0 aliphatic rings. The monoisotopic (exact) mass is 342 g/mol. The van der Waals surface area contributed by atoms with Crippen LogP contribution in [0, 0.1) is 5.82 Å². The van der Waals surface area contributed by atoms with Crippen LogP contribution in [0.15, 0.2) is 36.8 Å². The van der Waals surface area contributed by atoms with Crippen molar-refractivity contribution < 1.29 is 9.18 Å². The number of halogens is 1. The number of carbonyl (C=O) groups excluding carboxylic acids is 1. The van der Waals surface area contributed by atoms with E-state index in [0.29, 0.717) is 11.3 Å². The van der Waals surface area contributed by atoms with Crippen LogP contribution in [-0.4, -0.2) is 38.7 Å². The van der Waals surface area contributed by atoms with Crippen molar-refractivity contribution in [3.8, 4) is 0 Å². The van der Waals surface area contributed by atoms with Gasteiger partial charge in [0, 0.05) is 18.8 Å². The fraction of sp³-hybridized carbons (Fsp3) is 0.294. The molecule has 0 saturated heterocycles. The van der Waals surface area contributed by atoms with E-state index in [0.717, 1.165) is 24.3 Å². The van der Waals surface area contributed by atoms with Crippen LogP contribution in [0.2, 0.25) is 0 Å². The summed E-state index contributed by atoms with van der Waals surface area (Å²) in [6.07, 6.45) is 3.14. The van der Waals surface area contributed by atoms with E-state index in [9.17, 15) is 9.18 Å². The van der Waals surface area contributed by atoms with Crippen molar-refractivity contribution in [2.24, 2.45) is 0 Å². The molecule has 3 rings (SSSR count). The van der Waals surface area contributed by atoms with Gasteiger partial charge in [0.15, 0.2) is 5.65 Å². The average Bonchev–Trinajstić information content (AvgIpc) is 2.99. The van der Waals surface area contributed by atoms with Crippen LogP contribution in [0.25, 0.3) is 11.0 Å². The zero-order valence-corrected chi connectivity index (χ0v) is 14.1. The van der Waals surface area contributed by atoms with Crippen LogP contribution in [-0.2, 0) is 11.3 Å². The first-order valence-electron chi connectivity index (χ1n) is 8.09. The summed E-state index contributed by atoms with van der Waals surface area (Å²) < 4.78 is 14.7. The molecule has 0 fully saturated rings. The number of fused-ring (bicyclic) bond motifs is 1. The highest BCUT2D eigenvalue weighted by Crippen LogP contribution is 2.22. The highest BCUT2D eigenvalue weighted by Gasteiger charge is 2.15. The number of anilines is 2. The Bertz CT molecular complexity index is 890. The van der Waals surface area contributed by atoms with Gasteiger partial charge < -0.3 is 10.2 Å². The maximum absolute atomic E-state index is 13.2. The maximum Gasteiger partial charge on any atom is 0.246 e. The molecule has 0 unspecified atom stereocenters. The Morgan fingerprint density at radius 1 is 1.28 bits per heavy atom. The second-order valence-electron chi connectivity index (χ2n) is 5.47. The third-order valence-electron chi connectivity index (χ3n) is 3.88. The molecule has 0 spiro atoms. The highest BCUT2D eigenvalue weighted by atomic mass is 19.1. The van der Waals surface area contributed by atoms with E-state index in [1.165, 1.54) is 29.2 Å². The predicted octanol–water partition coefficient (Wildman–Crippen LogP) is 2.45. The molecule has 0 bridgehead atoms. The van der Waals surface area contributed by atoms with Crippen LogP contribution in [0.5, 0.6) is 0 Å². The first-order valence-corrected chi connectivity index (χ1v) is 8.09. The number of carbonyl (C=O) groups is 1. The lowest BCUT2D eigenvalue weighted by Gasteiger charge is -2.19. The molecule has 3 aromatic rings. The third-order valence-corrected chi connectivity index (χ3v) is 3.88. The van der Waals surface area contributed by atoms with Crippen molar-refractivity contribution >= 4 is 28.4 Å². The average molecular weight is 342 g/mol. The van der Waals surface area contributed by atoms with Gasteiger partial charge in [0.25, 0.3) is 0 Å². The van der Waals surface area contributed by atoms with Crippen molar-refractivity contribution in [2.45, 2.75) is 20.4 Å². The molecule has 0 atom stereocenters. The minimum Gasteiger partial charge on any atom is -0.356 e. The first kappa shape index (κ1) is 16.8. The van der Waals surface area contributed by atoms with Gasteiger partial charge in [-0.25, -0.2) is 19.0 Å². The summed E-state index contributed by atoms with van der Waals surface area (Å²) in [5.41, 5.74) is 0.992. The summed E-state index contributed by atoms with van der Waals surface area (Å²) in [6, 6.07) is 5.75. The molecule has 1 amide bonds. The summed E-state index contributed by atoms with van der Waals surface area (Å²) in [7, 11) is 0. The fourth-order valence-corrected chi connectivity index (χ4v) is 2.67. The molecule has 7 nitrogen and oxygen atoms in total. The summed E-state index contributed by atoms with van der Waals surface area (Å²) in [5, 5.41) is 7.71. The molecule has 1 N–H and O–H groups in total. The highest BCUT2D eigenvalue weighted by molar-refractivity contribution is 5.92. The van der Waals surface area contributed by atoms with E-state index >= 15 is 0 Å². The Labute approximate surface area is 144 Å². The lowest BCUT2D eigenvalue weighted by Crippen LogP contribution is -2.23. The molecule has 0 radical (unpaired) electrons. The van der Waals surface area contributed by atoms with Crippen molar-refractivity contribution in [1.82, 2.24) is 19.7 Å². The predicted molar refractivity (Wildman–Crippen MR) is 93.9 cm³/mol. The van der Waals surface area contributed by atoms with Crippen molar-refractivity contribution in [2.75, 3.05) is 23.3 Å². The summed E-state index contributed by atoms with van der Waals surface area (Å²) >= 11 is 0. The van der Waals surface area contributed by atoms with Crippen LogP contribution in [0.3, 0.4) is 0 Å². The minimum atomic E-state index is -0.404. The third kappa shape index (κ3) is 3.57. The number of hydrogen-bond donors (Lipinski definition) is 1. The molecule has 25 heavy (non-hydrogen) atoms. The van der Waals surface area contributed by atoms with E-state index in [-0.39, 0.29) is 12.5 Å². The van der Waals surface area contributed by atoms with Gasteiger partial charge >= 0.3 is 0 Å². The van der Waals surface area contributed by atoms with E-state index in [1.54, 1.807) is 12.3 Å². The van der Waals surface area contributed by atoms with E-state index < -0.39 is 5.82 Å². The van der Waals surface area contributed by atoms with Crippen LogP contribution in [0.1, 0.15) is 13.8 Å². The molecular weight excluding hydrogens is 323 g/mol. The number of nitrogens with one attached hydrogen (secondary N) is 1. The van der Waals surface area contributed by atoms with Gasteiger partial charge in [-0.05, 0) is 32.0 Å².